The molecular formula is C23H25N7S. The third-order valence-electron chi connectivity index (χ3n) is 5.56. The van der Waals surface area contributed by atoms with Gasteiger partial charge in [-0.15, -0.1) is 0 Å². The normalized spacial score (nSPS) is 21.1. The molecule has 31 heavy (non-hydrogen) atoms. The first-order chi connectivity index (χ1) is 15.2. The van der Waals surface area contributed by atoms with Crippen molar-refractivity contribution >= 4 is 23.1 Å². The summed E-state index contributed by atoms with van der Waals surface area (Å²) in [6.45, 7) is 4.18. The Morgan fingerprint density at radius 2 is 1.84 bits per heavy atom. The molecule has 0 radical (unpaired) electrons. The third-order valence-corrected chi connectivity index (χ3v) is 6.61. The predicted octanol–water partition coefficient (Wildman–Crippen LogP) is 3.32. The largest absolute Gasteiger partial charge is 0.368 e. The number of nitrogens with one attached hydrogen (secondary N) is 2. The molecular weight excluding hydrogens is 406 g/mol. The van der Waals surface area contributed by atoms with E-state index >= 15 is 0 Å². The SMILES string of the molecule is CN1CCN(c2ccc(-c3nccc(C4(Nc5ccccc5)NC=CS4)n3)nc2)CC1. The maximum atomic E-state index is 4.87. The third kappa shape index (κ3) is 4.22. The molecule has 1 aromatic carbocycles. The van der Waals surface area contributed by atoms with Crippen LogP contribution in [0.25, 0.3) is 11.5 Å². The minimum atomic E-state index is -0.585. The van der Waals surface area contributed by atoms with Crippen LogP contribution in [0.5, 0.6) is 0 Å². The highest BCUT2D eigenvalue weighted by atomic mass is 32.2. The number of aromatic nitrogens is 3. The van der Waals surface area contributed by atoms with Crippen LogP contribution in [0.2, 0.25) is 0 Å². The Morgan fingerprint density at radius 1 is 1.00 bits per heavy atom. The quantitative estimate of drug-likeness (QED) is 0.638. The van der Waals surface area contributed by atoms with Crippen LogP contribution in [0.15, 0.2) is 72.5 Å². The minimum absolute atomic E-state index is 0.585. The second-order valence-electron chi connectivity index (χ2n) is 7.69. The summed E-state index contributed by atoms with van der Waals surface area (Å²) < 4.78 is 0. The number of pyridine rings is 1. The van der Waals surface area contributed by atoms with Gasteiger partial charge in [-0.05, 0) is 42.8 Å². The van der Waals surface area contributed by atoms with E-state index in [0.717, 1.165) is 48.9 Å². The summed E-state index contributed by atoms with van der Waals surface area (Å²) in [5, 5.41) is 9.02. The Labute approximate surface area is 186 Å². The van der Waals surface area contributed by atoms with E-state index < -0.39 is 4.99 Å². The molecule has 1 saturated heterocycles. The van der Waals surface area contributed by atoms with Crippen LogP contribution in [0.4, 0.5) is 11.4 Å². The van der Waals surface area contributed by atoms with Crippen LogP contribution in [0.1, 0.15) is 5.69 Å². The lowest BCUT2D eigenvalue weighted by Gasteiger charge is -2.33. The van der Waals surface area contributed by atoms with Gasteiger partial charge < -0.3 is 20.4 Å². The van der Waals surface area contributed by atoms with Crippen LogP contribution < -0.4 is 15.5 Å². The average Bonchev–Trinajstić information content (AvgIpc) is 3.30. The fourth-order valence-corrected chi connectivity index (χ4v) is 4.65. The molecule has 2 aliphatic rings. The molecule has 0 saturated carbocycles. The molecule has 2 N–H and O–H groups in total. The van der Waals surface area contributed by atoms with Crippen molar-refractivity contribution in [2.24, 2.45) is 0 Å². The van der Waals surface area contributed by atoms with Gasteiger partial charge in [0.1, 0.15) is 11.4 Å². The first-order valence-corrected chi connectivity index (χ1v) is 11.3. The van der Waals surface area contributed by atoms with Gasteiger partial charge in [0.15, 0.2) is 5.82 Å². The van der Waals surface area contributed by atoms with Crippen molar-refractivity contribution < 1.29 is 0 Å². The Kier molecular flexibility index (Phi) is 5.48. The van der Waals surface area contributed by atoms with E-state index in [0.29, 0.717) is 5.82 Å². The number of anilines is 2. The van der Waals surface area contributed by atoms with Crippen LogP contribution in [-0.4, -0.2) is 53.1 Å². The summed E-state index contributed by atoms with van der Waals surface area (Å²) >= 11 is 1.64. The minimum Gasteiger partial charge on any atom is -0.368 e. The van der Waals surface area contributed by atoms with Crippen molar-refractivity contribution in [1.29, 1.82) is 0 Å². The highest BCUT2D eigenvalue weighted by molar-refractivity contribution is 8.03. The summed E-state index contributed by atoms with van der Waals surface area (Å²) in [6, 6.07) is 16.2. The monoisotopic (exact) mass is 431 g/mol. The van der Waals surface area contributed by atoms with E-state index in [4.69, 9.17) is 4.98 Å². The lowest BCUT2D eigenvalue weighted by atomic mass is 10.2. The average molecular weight is 432 g/mol. The van der Waals surface area contributed by atoms with Gasteiger partial charge in [-0.3, -0.25) is 4.98 Å². The summed E-state index contributed by atoms with van der Waals surface area (Å²) in [5.74, 6) is 0.617. The number of hydrogen-bond donors (Lipinski definition) is 2. The maximum absolute atomic E-state index is 4.87. The molecule has 4 heterocycles. The molecule has 3 aromatic rings. The molecule has 158 valence electrons. The fraction of sp³-hybridized carbons (Fsp3) is 0.261. The number of benzene rings is 1. The summed E-state index contributed by atoms with van der Waals surface area (Å²) in [5.41, 5.74) is 3.78. The number of thioether (sulfide) groups is 1. The highest BCUT2D eigenvalue weighted by Gasteiger charge is 2.36. The van der Waals surface area contributed by atoms with Crippen LogP contribution >= 0.6 is 11.8 Å². The van der Waals surface area contributed by atoms with E-state index in [1.807, 2.05) is 60.3 Å². The molecule has 1 unspecified atom stereocenters. The van der Waals surface area contributed by atoms with E-state index in [2.05, 4.69) is 43.5 Å². The molecule has 8 heteroatoms. The number of hydrogen-bond acceptors (Lipinski definition) is 8. The Balaban J connectivity index is 1.39. The molecule has 0 amide bonds. The number of para-hydroxylation sites is 1. The summed E-state index contributed by atoms with van der Waals surface area (Å²) in [6.07, 6.45) is 5.66. The molecule has 0 aliphatic carbocycles. The first kappa shape index (κ1) is 19.8. The summed E-state index contributed by atoms with van der Waals surface area (Å²) in [4.78, 5) is 18.2. The molecule has 0 spiro atoms. The van der Waals surface area contributed by atoms with Gasteiger partial charge in [-0.25, -0.2) is 9.97 Å². The van der Waals surface area contributed by atoms with Gasteiger partial charge in [0, 0.05) is 44.3 Å². The molecule has 1 atom stereocenters. The Hall–Kier alpha value is -3.10. The highest BCUT2D eigenvalue weighted by Crippen LogP contribution is 2.38. The van der Waals surface area contributed by atoms with E-state index in [1.54, 1.807) is 18.0 Å². The van der Waals surface area contributed by atoms with Gasteiger partial charge in [-0.2, -0.15) is 0 Å². The molecule has 7 nitrogen and oxygen atoms in total. The van der Waals surface area contributed by atoms with E-state index in [1.165, 1.54) is 0 Å². The van der Waals surface area contributed by atoms with Crippen LogP contribution in [0.3, 0.4) is 0 Å². The van der Waals surface area contributed by atoms with E-state index in [-0.39, 0.29) is 0 Å². The molecule has 5 rings (SSSR count). The van der Waals surface area contributed by atoms with Crippen molar-refractivity contribution in [2.75, 3.05) is 43.4 Å². The topological polar surface area (TPSA) is 69.2 Å². The van der Waals surface area contributed by atoms with Crippen molar-refractivity contribution in [1.82, 2.24) is 25.2 Å². The van der Waals surface area contributed by atoms with Crippen LogP contribution in [0, 0.1) is 0 Å². The van der Waals surface area contributed by atoms with Crippen molar-refractivity contribution in [2.45, 2.75) is 4.99 Å². The van der Waals surface area contributed by atoms with Crippen molar-refractivity contribution in [3.63, 3.8) is 0 Å². The van der Waals surface area contributed by atoms with Gasteiger partial charge in [-0.1, -0.05) is 30.0 Å². The molecule has 2 aromatic heterocycles. The van der Waals surface area contributed by atoms with Crippen molar-refractivity contribution in [3.05, 3.63) is 78.2 Å². The molecule has 1 fully saturated rings. The van der Waals surface area contributed by atoms with Gasteiger partial charge in [0.2, 0.25) is 4.99 Å². The lowest BCUT2D eigenvalue weighted by molar-refractivity contribution is 0.313. The second-order valence-corrected chi connectivity index (χ2v) is 8.81. The lowest BCUT2D eigenvalue weighted by Crippen LogP contribution is -2.44. The van der Waals surface area contributed by atoms with Gasteiger partial charge in [0.05, 0.1) is 11.9 Å². The molecule has 0 bridgehead atoms. The number of rotatable bonds is 5. The van der Waals surface area contributed by atoms with Crippen molar-refractivity contribution in [3.8, 4) is 11.5 Å². The predicted molar refractivity (Wildman–Crippen MR) is 127 cm³/mol. The Bertz CT molecular complexity index is 1040. The first-order valence-electron chi connectivity index (χ1n) is 10.4. The van der Waals surface area contributed by atoms with E-state index in [9.17, 15) is 0 Å². The second kappa shape index (κ2) is 8.56. The number of nitrogens with zero attached hydrogens (tertiary/aromatic N) is 5. The fourth-order valence-electron chi connectivity index (χ4n) is 3.76. The number of piperazine rings is 1. The standard InChI is InChI=1S/C23H25N7S/c1-29-12-14-30(15-13-29)19-7-8-20(25-17-19)22-24-10-9-21(27-22)23(26-11-16-31-23)28-18-5-3-2-4-6-18/h2-11,16-17,26,28H,12-15H2,1H3. The molecule has 2 aliphatic heterocycles. The smallest absolute Gasteiger partial charge is 0.204 e. The zero-order chi connectivity index (χ0) is 21.1. The zero-order valence-electron chi connectivity index (χ0n) is 17.4. The zero-order valence-corrected chi connectivity index (χ0v) is 18.2. The summed E-state index contributed by atoms with van der Waals surface area (Å²) in [7, 11) is 2.16. The maximum Gasteiger partial charge on any atom is 0.204 e. The van der Waals surface area contributed by atoms with Crippen LogP contribution in [-0.2, 0) is 4.99 Å². The van der Waals surface area contributed by atoms with Gasteiger partial charge >= 0.3 is 0 Å². The Morgan fingerprint density at radius 3 is 2.55 bits per heavy atom. The number of likely N-dealkylation sites (N-methyl/N-ethyl adjacent to an activating group) is 1. The van der Waals surface area contributed by atoms with Gasteiger partial charge in [0.25, 0.3) is 0 Å².